The van der Waals surface area contributed by atoms with Gasteiger partial charge in [0.25, 0.3) is 0 Å². The molecule has 1 aliphatic rings. The Hall–Kier alpha value is -2.33. The van der Waals surface area contributed by atoms with Gasteiger partial charge in [0.2, 0.25) is 0 Å². The van der Waals surface area contributed by atoms with Crippen LogP contribution in [0.1, 0.15) is 55.7 Å². The summed E-state index contributed by atoms with van der Waals surface area (Å²) in [4.78, 5) is 26.5. The van der Waals surface area contributed by atoms with Crippen molar-refractivity contribution in [2.45, 2.75) is 51.2 Å². The molecule has 0 radical (unpaired) electrons. The van der Waals surface area contributed by atoms with Gasteiger partial charge in [0.1, 0.15) is 18.9 Å². The second-order valence-electron chi connectivity index (χ2n) is 7.66. The summed E-state index contributed by atoms with van der Waals surface area (Å²) in [6.07, 6.45) is 7.41. The predicted molar refractivity (Wildman–Crippen MR) is 115 cm³/mol. The molecular formula is C24H28ClNO3. The molecule has 0 N–H and O–H groups in total. The Morgan fingerprint density at radius 3 is 2.41 bits per heavy atom. The van der Waals surface area contributed by atoms with Crippen LogP contribution < -0.4 is 0 Å². The van der Waals surface area contributed by atoms with Gasteiger partial charge in [0, 0.05) is 11.6 Å². The van der Waals surface area contributed by atoms with E-state index in [2.05, 4.69) is 0 Å². The highest BCUT2D eigenvalue weighted by Gasteiger charge is 2.27. The molecule has 1 aliphatic carbocycles. The molecular weight excluding hydrogens is 386 g/mol. The van der Waals surface area contributed by atoms with Crippen molar-refractivity contribution in [2.24, 2.45) is 5.92 Å². The largest absolute Gasteiger partial charge is 0.445 e. The van der Waals surface area contributed by atoms with Gasteiger partial charge in [-0.2, -0.15) is 0 Å². The summed E-state index contributed by atoms with van der Waals surface area (Å²) in [7, 11) is 0. The third kappa shape index (κ3) is 6.33. The molecule has 0 aliphatic heterocycles. The number of benzene rings is 2. The number of hydrogen-bond acceptors (Lipinski definition) is 3. The summed E-state index contributed by atoms with van der Waals surface area (Å²) in [6, 6.07) is 15.9. The minimum Gasteiger partial charge on any atom is -0.445 e. The summed E-state index contributed by atoms with van der Waals surface area (Å²) < 4.78 is 5.56. The molecule has 1 unspecified atom stereocenters. The van der Waals surface area contributed by atoms with Gasteiger partial charge in [-0.05, 0) is 35.6 Å². The van der Waals surface area contributed by atoms with Crippen LogP contribution in [0, 0.1) is 5.92 Å². The Kier molecular flexibility index (Phi) is 8.12. The van der Waals surface area contributed by atoms with Crippen LogP contribution in [0.3, 0.4) is 0 Å². The van der Waals surface area contributed by atoms with Gasteiger partial charge >= 0.3 is 6.09 Å². The Labute approximate surface area is 177 Å². The highest BCUT2D eigenvalue weighted by molar-refractivity contribution is 6.30. The number of amides is 1. The van der Waals surface area contributed by atoms with E-state index in [9.17, 15) is 9.59 Å². The Bertz CT molecular complexity index is 772. The van der Waals surface area contributed by atoms with E-state index < -0.39 is 12.1 Å². The van der Waals surface area contributed by atoms with Crippen molar-refractivity contribution in [3.05, 3.63) is 70.7 Å². The van der Waals surface area contributed by atoms with E-state index in [4.69, 9.17) is 16.3 Å². The van der Waals surface area contributed by atoms with Gasteiger partial charge in [0.15, 0.2) is 0 Å². The topological polar surface area (TPSA) is 46.6 Å². The molecule has 5 heteroatoms. The maximum Gasteiger partial charge on any atom is 0.410 e. The fourth-order valence-electron chi connectivity index (χ4n) is 3.94. The molecule has 154 valence electrons. The lowest BCUT2D eigenvalue weighted by atomic mass is 9.87. The summed E-state index contributed by atoms with van der Waals surface area (Å²) in [5.74, 6) is 0.602. The fraction of sp³-hybridized carbons (Fsp3) is 0.417. The zero-order valence-corrected chi connectivity index (χ0v) is 17.4. The van der Waals surface area contributed by atoms with Crippen LogP contribution in [0.2, 0.25) is 5.02 Å². The third-order valence-corrected chi connectivity index (χ3v) is 5.87. The van der Waals surface area contributed by atoms with Crippen LogP contribution in [0.25, 0.3) is 0 Å². The summed E-state index contributed by atoms with van der Waals surface area (Å²) >= 11 is 5.99. The Morgan fingerprint density at radius 1 is 1.07 bits per heavy atom. The minimum absolute atomic E-state index is 0.186. The van der Waals surface area contributed by atoms with E-state index in [0.717, 1.165) is 23.8 Å². The quantitative estimate of drug-likeness (QED) is 0.485. The maximum absolute atomic E-state index is 12.9. The number of aldehydes is 1. The Balaban J connectivity index is 1.72. The van der Waals surface area contributed by atoms with Crippen molar-refractivity contribution >= 4 is 24.0 Å². The van der Waals surface area contributed by atoms with E-state index in [1.54, 1.807) is 29.2 Å². The second kappa shape index (κ2) is 11.0. The van der Waals surface area contributed by atoms with Crippen LogP contribution >= 0.6 is 11.6 Å². The molecule has 4 nitrogen and oxygen atoms in total. The van der Waals surface area contributed by atoms with Crippen molar-refractivity contribution in [2.75, 3.05) is 6.54 Å². The summed E-state index contributed by atoms with van der Waals surface area (Å²) in [5.41, 5.74) is 1.66. The SMILES string of the molecule is O=CC(c1ccc(Cl)cc1)N(CCC1CCCCC1)C(=O)OCc1ccccc1. The van der Waals surface area contributed by atoms with Crippen molar-refractivity contribution in [3.63, 3.8) is 0 Å². The minimum atomic E-state index is -0.681. The summed E-state index contributed by atoms with van der Waals surface area (Å²) in [5, 5.41) is 0.596. The van der Waals surface area contributed by atoms with Crippen LogP contribution in [-0.4, -0.2) is 23.8 Å². The average molecular weight is 414 g/mol. The molecule has 29 heavy (non-hydrogen) atoms. The molecule has 0 heterocycles. The van der Waals surface area contributed by atoms with E-state index in [1.807, 2.05) is 30.3 Å². The fourth-order valence-corrected chi connectivity index (χ4v) is 4.06. The van der Waals surface area contributed by atoms with E-state index in [0.29, 0.717) is 17.5 Å². The lowest BCUT2D eigenvalue weighted by molar-refractivity contribution is -0.112. The third-order valence-electron chi connectivity index (χ3n) is 5.62. The molecule has 3 rings (SSSR count). The molecule has 0 saturated heterocycles. The molecule has 0 spiro atoms. The van der Waals surface area contributed by atoms with Gasteiger partial charge in [-0.15, -0.1) is 0 Å². The first kappa shape index (κ1) is 21.4. The highest BCUT2D eigenvalue weighted by atomic mass is 35.5. The number of ether oxygens (including phenoxy) is 1. The monoisotopic (exact) mass is 413 g/mol. The van der Waals surface area contributed by atoms with Crippen LogP contribution in [-0.2, 0) is 16.1 Å². The standard InChI is InChI=1S/C24H28ClNO3/c25-22-13-11-21(12-14-22)23(17-27)26(16-15-19-7-3-1-4-8-19)24(28)29-18-20-9-5-2-6-10-20/h2,5-6,9-14,17,19,23H,1,3-4,7-8,15-16,18H2. The summed E-state index contributed by atoms with van der Waals surface area (Å²) in [6.45, 7) is 0.691. The first-order valence-electron chi connectivity index (χ1n) is 10.4. The molecule has 2 aromatic carbocycles. The van der Waals surface area contributed by atoms with Crippen LogP contribution in [0.5, 0.6) is 0 Å². The zero-order valence-electron chi connectivity index (χ0n) is 16.6. The molecule has 0 aromatic heterocycles. The molecule has 1 saturated carbocycles. The number of rotatable bonds is 8. The molecule has 0 bridgehead atoms. The number of nitrogens with zero attached hydrogens (tertiary/aromatic N) is 1. The molecule has 1 fully saturated rings. The average Bonchev–Trinajstić information content (AvgIpc) is 2.77. The molecule has 2 aromatic rings. The zero-order chi connectivity index (χ0) is 20.5. The number of carbonyl (C=O) groups is 2. The van der Waals surface area contributed by atoms with Crippen LogP contribution in [0.15, 0.2) is 54.6 Å². The number of hydrogen-bond donors (Lipinski definition) is 0. The van der Waals surface area contributed by atoms with Gasteiger partial charge in [-0.3, -0.25) is 4.90 Å². The van der Waals surface area contributed by atoms with Gasteiger partial charge in [-0.25, -0.2) is 4.79 Å². The second-order valence-corrected chi connectivity index (χ2v) is 8.10. The van der Waals surface area contributed by atoms with Crippen molar-refractivity contribution < 1.29 is 14.3 Å². The number of halogens is 1. The highest BCUT2D eigenvalue weighted by Crippen LogP contribution is 2.29. The van der Waals surface area contributed by atoms with Gasteiger partial charge < -0.3 is 9.53 Å². The lowest BCUT2D eigenvalue weighted by Crippen LogP contribution is -2.37. The molecule has 1 amide bonds. The van der Waals surface area contributed by atoms with Gasteiger partial charge in [0.05, 0.1) is 0 Å². The van der Waals surface area contributed by atoms with Crippen molar-refractivity contribution in [3.8, 4) is 0 Å². The smallest absolute Gasteiger partial charge is 0.410 e. The predicted octanol–water partition coefficient (Wildman–Crippen LogP) is 6.19. The van der Waals surface area contributed by atoms with E-state index in [1.165, 1.54) is 32.1 Å². The van der Waals surface area contributed by atoms with E-state index in [-0.39, 0.29) is 6.61 Å². The van der Waals surface area contributed by atoms with Crippen molar-refractivity contribution in [1.29, 1.82) is 0 Å². The van der Waals surface area contributed by atoms with Crippen molar-refractivity contribution in [1.82, 2.24) is 4.90 Å². The number of carbonyl (C=O) groups excluding carboxylic acids is 2. The lowest BCUT2D eigenvalue weighted by Gasteiger charge is -2.30. The first-order valence-corrected chi connectivity index (χ1v) is 10.7. The first-order chi connectivity index (χ1) is 14.2. The van der Waals surface area contributed by atoms with Gasteiger partial charge in [-0.1, -0.05) is 86.2 Å². The Morgan fingerprint density at radius 2 is 1.76 bits per heavy atom. The molecule has 1 atom stereocenters. The maximum atomic E-state index is 12.9. The van der Waals surface area contributed by atoms with Crippen LogP contribution in [0.4, 0.5) is 4.79 Å². The van der Waals surface area contributed by atoms with E-state index >= 15 is 0 Å². The normalized spacial score (nSPS) is 15.5.